The maximum atomic E-state index is 13.2. The molecular formula is C26H34N4O2. The van der Waals surface area contributed by atoms with Crippen LogP contribution < -0.4 is 5.32 Å². The number of amides is 2. The van der Waals surface area contributed by atoms with Crippen LogP contribution in [0.15, 0.2) is 24.3 Å². The van der Waals surface area contributed by atoms with Gasteiger partial charge in [-0.25, -0.2) is 9.97 Å². The minimum Gasteiger partial charge on any atom is -0.353 e. The monoisotopic (exact) mass is 434 g/mol. The van der Waals surface area contributed by atoms with Gasteiger partial charge in [-0.2, -0.15) is 0 Å². The first kappa shape index (κ1) is 22.4. The Morgan fingerprint density at radius 3 is 2.34 bits per heavy atom. The number of nitrogens with one attached hydrogen (secondary N) is 1. The van der Waals surface area contributed by atoms with Crippen molar-refractivity contribution in [3.8, 4) is 0 Å². The third-order valence-electron chi connectivity index (χ3n) is 6.76. The summed E-state index contributed by atoms with van der Waals surface area (Å²) in [6, 6.07) is 8.57. The van der Waals surface area contributed by atoms with Crippen molar-refractivity contribution < 1.29 is 9.59 Å². The quantitative estimate of drug-likeness (QED) is 0.752. The highest BCUT2D eigenvalue weighted by Gasteiger charge is 2.30. The van der Waals surface area contributed by atoms with Gasteiger partial charge < -0.3 is 10.2 Å². The lowest BCUT2D eigenvalue weighted by molar-refractivity contribution is -0.133. The molecule has 6 nitrogen and oxygen atoms in total. The topological polar surface area (TPSA) is 75.2 Å². The van der Waals surface area contributed by atoms with Crippen molar-refractivity contribution in [3.05, 3.63) is 58.2 Å². The summed E-state index contributed by atoms with van der Waals surface area (Å²) in [7, 11) is 0. The van der Waals surface area contributed by atoms with Crippen molar-refractivity contribution in [2.24, 2.45) is 0 Å². The molecule has 32 heavy (non-hydrogen) atoms. The summed E-state index contributed by atoms with van der Waals surface area (Å²) in [5.74, 6) is 0.984. The zero-order valence-corrected chi connectivity index (χ0v) is 19.6. The number of carbonyl (C=O) groups excluding carboxylic acids is 2. The van der Waals surface area contributed by atoms with Gasteiger partial charge in [0.2, 0.25) is 11.8 Å². The van der Waals surface area contributed by atoms with Gasteiger partial charge in [0.15, 0.2) is 0 Å². The second-order valence-corrected chi connectivity index (χ2v) is 9.51. The molecule has 1 saturated heterocycles. The zero-order chi connectivity index (χ0) is 22.8. The number of likely N-dealkylation sites (tertiary alicyclic amines) is 1. The van der Waals surface area contributed by atoms with Gasteiger partial charge in [-0.1, -0.05) is 29.8 Å². The Kier molecular flexibility index (Phi) is 6.58. The predicted octanol–water partition coefficient (Wildman–Crippen LogP) is 3.73. The molecule has 2 aromatic rings. The van der Waals surface area contributed by atoms with Crippen molar-refractivity contribution in [2.45, 2.75) is 77.7 Å². The van der Waals surface area contributed by atoms with Crippen LogP contribution in [0.3, 0.4) is 0 Å². The number of aryl methyl sites for hydroxylation is 3. The molecule has 1 aromatic heterocycles. The van der Waals surface area contributed by atoms with Crippen LogP contribution in [0, 0.1) is 20.8 Å². The molecule has 1 aliphatic heterocycles. The Bertz CT molecular complexity index is 974. The molecule has 2 aliphatic rings. The van der Waals surface area contributed by atoms with Crippen LogP contribution in [0.25, 0.3) is 0 Å². The Hall–Kier alpha value is -2.76. The first-order chi connectivity index (χ1) is 15.3. The lowest BCUT2D eigenvalue weighted by Gasteiger charge is -2.34. The lowest BCUT2D eigenvalue weighted by Crippen LogP contribution is -2.41. The van der Waals surface area contributed by atoms with Crippen LogP contribution in [0.1, 0.15) is 78.3 Å². The summed E-state index contributed by atoms with van der Waals surface area (Å²) in [5, 5.41) is 3.04. The fourth-order valence-corrected chi connectivity index (χ4v) is 4.53. The molecule has 1 N–H and O–H groups in total. The summed E-state index contributed by atoms with van der Waals surface area (Å²) in [5.41, 5.74) is 4.91. The highest BCUT2D eigenvalue weighted by Crippen LogP contribution is 2.29. The van der Waals surface area contributed by atoms with Gasteiger partial charge in [0.05, 0.1) is 12.3 Å². The van der Waals surface area contributed by atoms with E-state index in [0.29, 0.717) is 19.0 Å². The van der Waals surface area contributed by atoms with Gasteiger partial charge in [-0.3, -0.25) is 9.59 Å². The molecular weight excluding hydrogens is 400 g/mol. The van der Waals surface area contributed by atoms with Gasteiger partial charge in [-0.15, -0.1) is 0 Å². The molecule has 2 atom stereocenters. The molecule has 170 valence electrons. The van der Waals surface area contributed by atoms with Crippen molar-refractivity contribution in [3.63, 3.8) is 0 Å². The Morgan fingerprint density at radius 2 is 1.72 bits per heavy atom. The van der Waals surface area contributed by atoms with Gasteiger partial charge in [-0.05, 0) is 58.9 Å². The third kappa shape index (κ3) is 5.17. The summed E-state index contributed by atoms with van der Waals surface area (Å²) in [4.78, 5) is 37.0. The number of hydrogen-bond donors (Lipinski definition) is 1. The van der Waals surface area contributed by atoms with E-state index in [-0.39, 0.29) is 23.7 Å². The van der Waals surface area contributed by atoms with E-state index in [1.54, 1.807) is 0 Å². The highest BCUT2D eigenvalue weighted by molar-refractivity contribution is 5.83. The fraction of sp³-hybridized carbons (Fsp3) is 0.538. The molecule has 4 rings (SSSR count). The van der Waals surface area contributed by atoms with Gasteiger partial charge in [0, 0.05) is 42.0 Å². The van der Waals surface area contributed by atoms with E-state index in [2.05, 4.69) is 24.4 Å². The van der Waals surface area contributed by atoms with Gasteiger partial charge in [0.25, 0.3) is 0 Å². The average molecular weight is 435 g/mol. The molecule has 0 unspecified atom stereocenters. The van der Waals surface area contributed by atoms with E-state index in [1.165, 1.54) is 5.56 Å². The van der Waals surface area contributed by atoms with Crippen molar-refractivity contribution in [1.29, 1.82) is 0 Å². The standard InChI is InChI=1S/C26H34N4O2/c1-16-7-9-20(10-8-16)17(2)26(32)30-13-5-6-21(15-30)25-27-18(3)23(19(4)28-25)14-24(31)29-22-11-12-22/h7-10,17,21-22H,5-6,11-15H2,1-4H3,(H,29,31)/t17-,21-/m0/s1. The third-order valence-corrected chi connectivity index (χ3v) is 6.76. The molecule has 6 heteroatoms. The Labute approximate surface area is 190 Å². The number of rotatable bonds is 6. The Morgan fingerprint density at radius 1 is 1.06 bits per heavy atom. The van der Waals surface area contributed by atoms with Crippen LogP contribution >= 0.6 is 0 Å². The molecule has 1 aliphatic carbocycles. The van der Waals surface area contributed by atoms with E-state index < -0.39 is 0 Å². The van der Waals surface area contributed by atoms with Crippen LogP contribution in [-0.2, 0) is 16.0 Å². The SMILES string of the molecule is Cc1ccc([C@H](C)C(=O)N2CCC[C@H](c3nc(C)c(CC(=O)NC4CC4)c(C)n3)C2)cc1. The largest absolute Gasteiger partial charge is 0.353 e. The minimum absolute atomic E-state index is 0.0505. The summed E-state index contributed by atoms with van der Waals surface area (Å²) in [6.07, 6.45) is 4.42. The highest BCUT2D eigenvalue weighted by atomic mass is 16.2. The average Bonchev–Trinajstić information content (AvgIpc) is 3.59. The van der Waals surface area contributed by atoms with Crippen molar-refractivity contribution >= 4 is 11.8 Å². The number of aromatic nitrogens is 2. The predicted molar refractivity (Wildman–Crippen MR) is 125 cm³/mol. The number of benzene rings is 1. The molecule has 2 fully saturated rings. The summed E-state index contributed by atoms with van der Waals surface area (Å²) < 4.78 is 0. The second-order valence-electron chi connectivity index (χ2n) is 9.51. The van der Waals surface area contributed by atoms with Crippen LogP contribution in [0.4, 0.5) is 0 Å². The molecule has 2 heterocycles. The lowest BCUT2D eigenvalue weighted by atomic mass is 9.93. The van der Waals surface area contributed by atoms with Gasteiger partial charge >= 0.3 is 0 Å². The number of carbonyl (C=O) groups is 2. The van der Waals surface area contributed by atoms with Crippen LogP contribution in [-0.4, -0.2) is 45.8 Å². The van der Waals surface area contributed by atoms with E-state index in [9.17, 15) is 9.59 Å². The van der Waals surface area contributed by atoms with E-state index >= 15 is 0 Å². The fourth-order valence-electron chi connectivity index (χ4n) is 4.53. The van der Waals surface area contributed by atoms with E-state index in [4.69, 9.17) is 9.97 Å². The zero-order valence-electron chi connectivity index (χ0n) is 19.6. The summed E-state index contributed by atoms with van der Waals surface area (Å²) in [6.45, 7) is 9.40. The van der Waals surface area contributed by atoms with Crippen LogP contribution in [0.2, 0.25) is 0 Å². The van der Waals surface area contributed by atoms with Gasteiger partial charge in [0.1, 0.15) is 5.82 Å². The maximum Gasteiger partial charge on any atom is 0.229 e. The normalized spacial score (nSPS) is 19.5. The number of nitrogens with zero attached hydrogens (tertiary/aromatic N) is 3. The number of piperidine rings is 1. The molecule has 0 spiro atoms. The minimum atomic E-state index is -0.161. The molecule has 0 radical (unpaired) electrons. The first-order valence-electron chi connectivity index (χ1n) is 11.8. The first-order valence-corrected chi connectivity index (χ1v) is 11.8. The van der Waals surface area contributed by atoms with Crippen molar-refractivity contribution in [2.75, 3.05) is 13.1 Å². The molecule has 0 bridgehead atoms. The maximum absolute atomic E-state index is 13.2. The Balaban J connectivity index is 1.44. The van der Waals surface area contributed by atoms with Crippen molar-refractivity contribution in [1.82, 2.24) is 20.2 Å². The van der Waals surface area contributed by atoms with Crippen LogP contribution in [0.5, 0.6) is 0 Å². The smallest absolute Gasteiger partial charge is 0.229 e. The molecule has 1 aromatic carbocycles. The second kappa shape index (κ2) is 9.39. The molecule has 1 saturated carbocycles. The summed E-state index contributed by atoms with van der Waals surface area (Å²) >= 11 is 0. The van der Waals surface area contributed by atoms with E-state index in [0.717, 1.165) is 60.6 Å². The number of hydrogen-bond acceptors (Lipinski definition) is 4. The molecule has 2 amide bonds. The van der Waals surface area contributed by atoms with E-state index in [1.807, 2.05) is 37.8 Å².